The van der Waals surface area contributed by atoms with Crippen LogP contribution in [0.3, 0.4) is 0 Å². The maximum atomic E-state index is 11.0. The summed E-state index contributed by atoms with van der Waals surface area (Å²) in [6.07, 6.45) is 1.26. The predicted octanol–water partition coefficient (Wildman–Crippen LogP) is -0.0762. The second-order valence-corrected chi connectivity index (χ2v) is 22.8. The first-order valence-corrected chi connectivity index (χ1v) is 27.4. The Morgan fingerprint density at radius 3 is 1.08 bits per heavy atom. The standard InChI is InChI=1S/C8H12O2.C6H8N2O3.C6H8N2O2S.C6H8O4.C5H8N2O2.C5H8N2OS.C5H8N2O.C4H5NO2S.C4H5NOS2/c1-8(2)4-6(9)3-7(10)5-8;2*1-7-4(9)3-5(10)8(2)6(7)11;1-6(2)9-4(7)3-5(8)10-6;1-6-4(8)3-5(9)7(6)2;1-6-3-4(8)7(2)5(6)9;1-4-3-5(8)7(2)6-4;1-5-3(6)2-7-4(5)8;1-5-3(6)2-8-4(5)7/h3-5H2,1-2H3;2*3H2,1-2H3;3H2,1-2H3;2*3H2,1-2H3;3H2,1-2H3;2*2H2,1H3. The van der Waals surface area contributed by atoms with Gasteiger partial charge in [0.1, 0.15) is 41.6 Å². The second kappa shape index (κ2) is 32.6. The number of barbiturate groups is 1. The van der Waals surface area contributed by atoms with Gasteiger partial charge in [-0.1, -0.05) is 37.8 Å². The molecule has 0 spiro atoms. The lowest BCUT2D eigenvalue weighted by molar-refractivity contribution is -0.231. The Labute approximate surface area is 511 Å². The van der Waals surface area contributed by atoms with E-state index < -0.39 is 35.6 Å². The molecule has 12 amide bonds. The lowest BCUT2D eigenvalue weighted by Crippen LogP contribution is -2.51. The first kappa shape index (κ1) is 74.6. The molecule has 0 N–H and O–H groups in total. The van der Waals surface area contributed by atoms with E-state index in [0.29, 0.717) is 41.0 Å². The highest BCUT2D eigenvalue weighted by Gasteiger charge is 2.36. The summed E-state index contributed by atoms with van der Waals surface area (Å²) in [5.41, 5.74) is 0.823. The van der Waals surface area contributed by atoms with Crippen LogP contribution in [0, 0.1) is 5.41 Å². The molecule has 8 aliphatic heterocycles. The number of rotatable bonds is 0. The number of carbonyl (C=O) groups is 15. The number of ether oxygens (including phenoxy) is 3. The number of nitrogens with zero attached hydrogens (tertiary/aromatic N) is 12. The Morgan fingerprint density at radius 2 is 0.869 bits per heavy atom. The van der Waals surface area contributed by atoms with Crippen molar-refractivity contribution in [2.75, 3.05) is 96.4 Å². The van der Waals surface area contributed by atoms with Gasteiger partial charge in [0.2, 0.25) is 53.2 Å². The molecule has 0 bridgehead atoms. The highest BCUT2D eigenvalue weighted by Crippen LogP contribution is 2.31. The van der Waals surface area contributed by atoms with Crippen LogP contribution in [0.5, 0.6) is 0 Å². The minimum Gasteiger partial charge on any atom is -0.461 e. The topological polar surface area (TPSA) is 332 Å². The van der Waals surface area contributed by atoms with Gasteiger partial charge in [-0.3, -0.25) is 107 Å². The number of Topliss-reactive ketones (excluding diaryl/α,β-unsaturated/α-hetero) is 2. The number of likely N-dealkylation sites (N-methyl/N-ethyl adjacent to an activating group) is 3. The quantitative estimate of drug-likeness (QED) is 0.174. The van der Waals surface area contributed by atoms with E-state index in [-0.39, 0.29) is 113 Å². The van der Waals surface area contributed by atoms with Crippen molar-refractivity contribution >= 4 is 175 Å². The van der Waals surface area contributed by atoms with Gasteiger partial charge in [0.05, 0.1) is 25.1 Å². The summed E-state index contributed by atoms with van der Waals surface area (Å²) < 4.78 is 14.7. The zero-order valence-corrected chi connectivity index (χ0v) is 53.6. The van der Waals surface area contributed by atoms with Gasteiger partial charge in [-0.05, 0) is 49.0 Å². The van der Waals surface area contributed by atoms with Crippen LogP contribution >= 0.6 is 60.6 Å². The number of urea groups is 1. The van der Waals surface area contributed by atoms with Gasteiger partial charge >= 0.3 is 18.0 Å². The maximum absolute atomic E-state index is 11.0. The number of hydrazine groups is 1. The number of thiocarbonyl (C=S) groups is 4. The first-order valence-electron chi connectivity index (χ1n) is 24.8. The highest BCUT2D eigenvalue weighted by molar-refractivity contribution is 8.23. The molecule has 9 aliphatic rings. The summed E-state index contributed by atoms with van der Waals surface area (Å²) in [6, 6.07) is -0.564. The number of thioether (sulfide) groups is 1. The van der Waals surface area contributed by atoms with E-state index in [9.17, 15) is 71.9 Å². The van der Waals surface area contributed by atoms with Crippen molar-refractivity contribution < 1.29 is 86.1 Å². The van der Waals surface area contributed by atoms with Gasteiger partial charge < -0.3 is 24.0 Å². The van der Waals surface area contributed by atoms with E-state index in [1.807, 2.05) is 27.8 Å². The van der Waals surface area contributed by atoms with Crippen LogP contribution in [0.25, 0.3) is 0 Å². The predicted molar refractivity (Wildman–Crippen MR) is 315 cm³/mol. The molecular formula is C49H70N12O18S5. The third kappa shape index (κ3) is 23.7. The zero-order chi connectivity index (χ0) is 65.2. The number of esters is 2. The number of hydrogen-bond acceptors (Lipinski definition) is 24. The summed E-state index contributed by atoms with van der Waals surface area (Å²) in [5, 5.41) is 9.01. The lowest BCUT2D eigenvalue weighted by Gasteiger charge is -2.30. The molecule has 7 saturated heterocycles. The molecule has 0 unspecified atom stereocenters. The Balaban J connectivity index is 0.000000474. The van der Waals surface area contributed by atoms with E-state index in [1.165, 1.54) is 79.2 Å². The van der Waals surface area contributed by atoms with Crippen molar-refractivity contribution in [2.24, 2.45) is 10.5 Å². The summed E-state index contributed by atoms with van der Waals surface area (Å²) >= 11 is 20.5. The number of imide groups is 2. The molecule has 0 aromatic heterocycles. The van der Waals surface area contributed by atoms with Gasteiger partial charge in [0.15, 0.2) is 16.8 Å². The summed E-state index contributed by atoms with van der Waals surface area (Å²) in [7, 11) is 17.4. The smallest absolute Gasteiger partial charge is 0.332 e. The van der Waals surface area contributed by atoms with Gasteiger partial charge in [0, 0.05) is 110 Å². The molecule has 0 radical (unpaired) electrons. The number of ketones is 2. The normalized spacial score (nSPS) is 20.8. The zero-order valence-electron chi connectivity index (χ0n) is 49.5. The highest BCUT2D eigenvalue weighted by atomic mass is 32.2. The fourth-order valence-corrected chi connectivity index (χ4v) is 8.34. The number of cyclic esters (lactones) is 2. The number of amides is 12. The van der Waals surface area contributed by atoms with Crippen LogP contribution in [-0.4, -0.2) is 270 Å². The number of hydrogen-bond donors (Lipinski definition) is 0. The van der Waals surface area contributed by atoms with Crippen LogP contribution < -0.4 is 0 Å². The lowest BCUT2D eigenvalue weighted by atomic mass is 9.76. The van der Waals surface area contributed by atoms with Crippen molar-refractivity contribution in [1.82, 2.24) is 54.2 Å². The second-order valence-electron chi connectivity index (χ2n) is 20.1. The van der Waals surface area contributed by atoms with Crippen LogP contribution in [0.1, 0.15) is 86.0 Å². The molecule has 8 fully saturated rings. The first-order chi connectivity index (χ1) is 38.4. The molecule has 35 heteroatoms. The average Bonchev–Trinajstić information content (AvgIpc) is 4.29. The summed E-state index contributed by atoms with van der Waals surface area (Å²) in [4.78, 5) is 172. The molecular weight excluding hydrogens is 1200 g/mol. The van der Waals surface area contributed by atoms with Crippen molar-refractivity contribution in [3.8, 4) is 0 Å². The van der Waals surface area contributed by atoms with Crippen LogP contribution in [0.2, 0.25) is 0 Å². The Bertz CT molecular complexity index is 2520. The molecule has 0 aromatic rings. The van der Waals surface area contributed by atoms with Crippen molar-refractivity contribution in [3.05, 3.63) is 0 Å². The van der Waals surface area contributed by atoms with Gasteiger partial charge in [-0.2, -0.15) is 5.10 Å². The van der Waals surface area contributed by atoms with Crippen molar-refractivity contribution in [2.45, 2.75) is 91.8 Å². The van der Waals surface area contributed by atoms with E-state index in [0.717, 1.165) is 15.5 Å². The SMILES string of the molecule is CC1(C)CC(=O)CC(=O)C1.CC1(C)OC(=O)CC(=O)O1.CC1=NN(C)C(=O)C1.CN1C(=O)CC(=O)N(C)C1=O.CN1C(=O)CC(=O)N(C)C1=S.CN1C(=O)CC(=O)N1C.CN1C(=O)COC1=S.CN1C(=O)CSC1=S.CN1CC(=O)N(C)C1=S. The Morgan fingerprint density at radius 1 is 0.452 bits per heavy atom. The number of carbonyl (C=O) groups excluding carboxylic acids is 15. The van der Waals surface area contributed by atoms with E-state index in [1.54, 1.807) is 61.3 Å². The van der Waals surface area contributed by atoms with Gasteiger partial charge in [-0.15, -0.1) is 0 Å². The van der Waals surface area contributed by atoms with E-state index in [2.05, 4.69) is 31.5 Å². The number of hydrazone groups is 1. The van der Waals surface area contributed by atoms with Gasteiger partial charge in [-0.25, -0.2) is 9.80 Å². The van der Waals surface area contributed by atoms with Gasteiger partial charge in [0.25, 0.3) is 16.9 Å². The molecule has 84 heavy (non-hydrogen) atoms. The Kier molecular flexibility index (Phi) is 29.0. The summed E-state index contributed by atoms with van der Waals surface area (Å²) in [6.45, 7) is 9.33. The molecule has 0 aromatic carbocycles. The Hall–Kier alpha value is -7.37. The molecule has 9 rings (SSSR count). The molecule has 1 aliphatic carbocycles. The fraction of sp³-hybridized carbons (Fsp3) is 0.592. The third-order valence-electron chi connectivity index (χ3n) is 11.9. The summed E-state index contributed by atoms with van der Waals surface area (Å²) in [5.74, 6) is -2.86. The average molecular weight is 1280 g/mol. The molecule has 464 valence electrons. The molecule has 30 nitrogen and oxygen atoms in total. The largest absolute Gasteiger partial charge is 0.461 e. The third-order valence-corrected chi connectivity index (χ3v) is 14.9. The molecule has 0 atom stereocenters. The fourth-order valence-electron chi connectivity index (χ4n) is 6.79. The molecule has 8 heterocycles. The van der Waals surface area contributed by atoms with E-state index >= 15 is 0 Å². The minimum absolute atomic E-state index is 0.0208. The molecule has 1 saturated carbocycles. The minimum atomic E-state index is -1.08. The van der Waals surface area contributed by atoms with E-state index in [4.69, 9.17) is 36.7 Å². The maximum Gasteiger partial charge on any atom is 0.332 e. The van der Waals surface area contributed by atoms with Crippen molar-refractivity contribution in [1.29, 1.82) is 0 Å². The van der Waals surface area contributed by atoms with Crippen LogP contribution in [-0.2, 0) is 81.3 Å². The van der Waals surface area contributed by atoms with Crippen LogP contribution in [0.4, 0.5) is 4.79 Å². The monoisotopic (exact) mass is 1270 g/mol. The van der Waals surface area contributed by atoms with Crippen molar-refractivity contribution in [3.63, 3.8) is 0 Å². The van der Waals surface area contributed by atoms with Crippen LogP contribution in [0.15, 0.2) is 5.10 Å².